The molecule has 0 spiro atoms. The van der Waals surface area contributed by atoms with Gasteiger partial charge in [-0.1, -0.05) is 62.3 Å². The molecule has 1 aromatic heterocycles. The molecule has 13 heteroatoms. The smallest absolute Gasteiger partial charge is 0.352 e. The van der Waals surface area contributed by atoms with Crippen molar-refractivity contribution in [3.05, 3.63) is 69.8 Å². The van der Waals surface area contributed by atoms with Crippen LogP contribution in [0.5, 0.6) is 0 Å². The summed E-state index contributed by atoms with van der Waals surface area (Å²) in [7, 11) is -4.30. The van der Waals surface area contributed by atoms with Crippen LogP contribution in [0.1, 0.15) is 82.2 Å². The molecule has 0 bridgehead atoms. The maximum Gasteiger partial charge on any atom is 0.452 e. The summed E-state index contributed by atoms with van der Waals surface area (Å²) in [4.78, 5) is 27.8. The van der Waals surface area contributed by atoms with Gasteiger partial charge in [0.1, 0.15) is 6.04 Å². The highest BCUT2D eigenvalue weighted by molar-refractivity contribution is 7.96. The first-order valence-electron chi connectivity index (χ1n) is 14.2. The predicted octanol–water partition coefficient (Wildman–Crippen LogP) is 6.05. The van der Waals surface area contributed by atoms with Crippen molar-refractivity contribution in [2.75, 3.05) is 4.72 Å². The Hall–Kier alpha value is -3.61. The molecule has 2 atom stereocenters. The fraction of sp³-hybridized carbons (Fsp3) is 0.500. The van der Waals surface area contributed by atoms with Gasteiger partial charge in [-0.05, 0) is 56.7 Å². The molecule has 9 nitrogen and oxygen atoms in total. The molecule has 1 aromatic carbocycles. The Labute approximate surface area is 250 Å². The van der Waals surface area contributed by atoms with Crippen LogP contribution < -0.4 is 10.0 Å². The Morgan fingerprint density at radius 2 is 1.79 bits per heavy atom. The maximum atomic E-state index is 13.3. The lowest BCUT2D eigenvalue weighted by atomic mass is 9.91. The van der Waals surface area contributed by atoms with Gasteiger partial charge >= 0.3 is 6.18 Å². The third-order valence-corrected chi connectivity index (χ3v) is 8.52. The lowest BCUT2D eigenvalue weighted by molar-refractivity contribution is -0.156. The number of benzene rings is 1. The molecule has 0 radical (unpaired) electrons. The highest BCUT2D eigenvalue weighted by Crippen LogP contribution is 2.38. The molecule has 236 valence electrons. The van der Waals surface area contributed by atoms with Gasteiger partial charge in [0.05, 0.1) is 4.91 Å². The molecule has 1 aliphatic rings. The van der Waals surface area contributed by atoms with Gasteiger partial charge in [-0.3, -0.25) is 14.3 Å². The molecule has 3 rings (SSSR count). The summed E-state index contributed by atoms with van der Waals surface area (Å²) in [5, 5.41) is 6.20. The predicted molar refractivity (Wildman–Crippen MR) is 157 cm³/mol. The van der Waals surface area contributed by atoms with Crippen molar-refractivity contribution >= 4 is 27.7 Å². The minimum absolute atomic E-state index is 0.0383. The summed E-state index contributed by atoms with van der Waals surface area (Å²) in [6.45, 7) is 10.7. The summed E-state index contributed by atoms with van der Waals surface area (Å²) < 4.78 is 72.5. The lowest BCUT2D eigenvalue weighted by Crippen LogP contribution is -2.53. The number of carbonyl (C=O) groups excluding carboxylic acids is 2. The van der Waals surface area contributed by atoms with Gasteiger partial charge in [0, 0.05) is 30.5 Å². The van der Waals surface area contributed by atoms with E-state index in [1.165, 1.54) is 6.08 Å². The van der Waals surface area contributed by atoms with Gasteiger partial charge in [-0.2, -0.15) is 13.2 Å². The van der Waals surface area contributed by atoms with E-state index in [1.807, 2.05) is 34.6 Å². The number of nitrogens with one attached hydrogen (secondary N) is 2. The first-order valence-corrected chi connectivity index (χ1v) is 15.7. The number of rotatable bonds is 12. The molecule has 0 saturated carbocycles. The average Bonchev–Trinajstić information content (AvgIpc) is 3.28. The zero-order chi connectivity index (χ0) is 32.1. The van der Waals surface area contributed by atoms with Crippen molar-refractivity contribution in [1.82, 2.24) is 15.4 Å². The first kappa shape index (κ1) is 33.9. The van der Waals surface area contributed by atoms with E-state index in [9.17, 15) is 31.2 Å². The van der Waals surface area contributed by atoms with Crippen molar-refractivity contribution in [2.45, 2.75) is 91.5 Å². The quantitative estimate of drug-likeness (QED) is 0.297. The van der Waals surface area contributed by atoms with Crippen LogP contribution in [0.25, 0.3) is 0 Å². The third-order valence-electron chi connectivity index (χ3n) is 7.02. The average molecular weight is 625 g/mol. The van der Waals surface area contributed by atoms with Crippen molar-refractivity contribution < 1.29 is 35.7 Å². The minimum atomic E-state index is -4.82. The largest absolute Gasteiger partial charge is 0.452 e. The van der Waals surface area contributed by atoms with Crippen LogP contribution in [0.3, 0.4) is 0 Å². The molecule has 2 aromatic rings. The number of alkyl halides is 3. The van der Waals surface area contributed by atoms with Crippen LogP contribution in [0, 0.1) is 12.8 Å². The lowest BCUT2D eigenvalue weighted by Gasteiger charge is -2.34. The maximum absolute atomic E-state index is 13.3. The molecule has 1 heterocycles. The van der Waals surface area contributed by atoms with Gasteiger partial charge in [-0.25, -0.2) is 8.42 Å². The number of anilines is 1. The normalized spacial score (nSPS) is 16.3. The topological polar surface area (TPSA) is 122 Å². The number of allylic oxidation sites excluding steroid dienone is 4. The highest BCUT2D eigenvalue weighted by atomic mass is 32.2. The zero-order valence-electron chi connectivity index (χ0n) is 25.2. The Balaban J connectivity index is 1.87. The fourth-order valence-electron chi connectivity index (χ4n) is 4.99. The summed E-state index contributed by atoms with van der Waals surface area (Å²) in [5.74, 6) is -3.03. The molecule has 2 amide bonds. The van der Waals surface area contributed by atoms with Crippen LogP contribution in [-0.2, 0) is 32.3 Å². The van der Waals surface area contributed by atoms with E-state index in [4.69, 9.17) is 0 Å². The number of hydrogen-bond acceptors (Lipinski definition) is 6. The monoisotopic (exact) mass is 624 g/mol. The summed E-state index contributed by atoms with van der Waals surface area (Å²) in [6.07, 6.45) is 1.21. The van der Waals surface area contributed by atoms with Gasteiger partial charge < -0.3 is 14.7 Å². The first-order chi connectivity index (χ1) is 20.1. The molecule has 0 saturated heterocycles. The van der Waals surface area contributed by atoms with Gasteiger partial charge in [0.2, 0.25) is 17.6 Å². The number of amides is 2. The SMILES string of the molecule is CCCC(=O)N(Cc1ccc(C2CC=CC=C2S(=O)(=O)Nc2noc(C(F)(F)F)c2C)cc1)[C@H](C(=O)NC(C)C)C(C)C. The second-order valence-electron chi connectivity index (χ2n) is 11.2. The minimum Gasteiger partial charge on any atom is -0.352 e. The van der Waals surface area contributed by atoms with Crippen LogP contribution in [0.15, 0.2) is 51.9 Å². The van der Waals surface area contributed by atoms with Crippen LogP contribution in [0.4, 0.5) is 19.0 Å². The van der Waals surface area contributed by atoms with E-state index in [1.54, 1.807) is 41.3 Å². The number of carbonyl (C=O) groups is 2. The number of aromatic nitrogens is 1. The molecule has 1 aliphatic carbocycles. The second-order valence-corrected chi connectivity index (χ2v) is 12.9. The van der Waals surface area contributed by atoms with E-state index >= 15 is 0 Å². The standard InChI is InChI=1S/C30H39F3N4O5S/c1-7-10-25(38)37(26(18(2)3)29(39)34-19(4)5)17-21-13-15-22(16-14-21)23-11-8-9-12-24(23)43(40,41)36-28-20(6)27(42-35-28)30(31,32)33/h8-9,12-16,18-19,23,26H,7,10-11,17H2,1-6H3,(H,34,39)(H,35,36)/t23?,26-/m0/s1. The number of nitrogens with zero attached hydrogens (tertiary/aromatic N) is 2. The molecular formula is C30H39F3N4O5S. The van der Waals surface area contributed by atoms with E-state index in [2.05, 4.69) is 19.7 Å². The summed E-state index contributed by atoms with van der Waals surface area (Å²) in [5.41, 5.74) is 0.946. The van der Waals surface area contributed by atoms with E-state index in [0.29, 0.717) is 24.8 Å². The summed E-state index contributed by atoms with van der Waals surface area (Å²) >= 11 is 0. The van der Waals surface area contributed by atoms with Crippen molar-refractivity contribution in [1.29, 1.82) is 0 Å². The Morgan fingerprint density at radius 3 is 2.33 bits per heavy atom. The highest BCUT2D eigenvalue weighted by Gasteiger charge is 2.40. The van der Waals surface area contributed by atoms with Crippen LogP contribution >= 0.6 is 0 Å². The van der Waals surface area contributed by atoms with E-state index < -0.39 is 45.3 Å². The Bertz CT molecular complexity index is 1460. The molecule has 0 aliphatic heterocycles. The van der Waals surface area contributed by atoms with E-state index in [-0.39, 0.29) is 35.2 Å². The summed E-state index contributed by atoms with van der Waals surface area (Å²) in [6, 6.07) is 6.32. The van der Waals surface area contributed by atoms with Crippen LogP contribution in [-0.4, -0.2) is 42.4 Å². The molecule has 2 N–H and O–H groups in total. The molecule has 43 heavy (non-hydrogen) atoms. The van der Waals surface area contributed by atoms with Gasteiger partial charge in [-0.15, -0.1) is 0 Å². The second kappa shape index (κ2) is 13.8. The number of halogens is 3. The van der Waals surface area contributed by atoms with Crippen molar-refractivity contribution in [2.24, 2.45) is 5.92 Å². The zero-order valence-corrected chi connectivity index (χ0v) is 26.0. The number of sulfonamides is 1. The van der Waals surface area contributed by atoms with Crippen LogP contribution in [0.2, 0.25) is 0 Å². The van der Waals surface area contributed by atoms with Gasteiger partial charge in [0.15, 0.2) is 5.82 Å². The molecular weight excluding hydrogens is 585 g/mol. The van der Waals surface area contributed by atoms with Crippen molar-refractivity contribution in [3.8, 4) is 0 Å². The van der Waals surface area contributed by atoms with Crippen molar-refractivity contribution in [3.63, 3.8) is 0 Å². The van der Waals surface area contributed by atoms with E-state index in [0.717, 1.165) is 12.5 Å². The number of hydrogen-bond donors (Lipinski definition) is 2. The Morgan fingerprint density at radius 1 is 1.14 bits per heavy atom. The molecule has 1 unspecified atom stereocenters. The van der Waals surface area contributed by atoms with Gasteiger partial charge in [0.25, 0.3) is 10.0 Å². The Kier molecular flexibility index (Phi) is 10.9. The fourth-order valence-corrected chi connectivity index (χ4v) is 6.42. The third kappa shape index (κ3) is 8.27. The molecule has 0 fully saturated rings.